The van der Waals surface area contributed by atoms with E-state index in [0.717, 1.165) is 11.1 Å². The monoisotopic (exact) mass is 359 g/mol. The lowest BCUT2D eigenvalue weighted by Crippen LogP contribution is -2.36. The lowest BCUT2D eigenvalue weighted by atomic mass is 10.1. The second-order valence-corrected chi connectivity index (χ2v) is 8.12. The standard InChI is InChI=1S/C19H25N3O2S/c1-14-5-7-16(8-6-14)12-21-19(20-3)22-13-17-9-10-18(15(2)11-17)25(4,23)24/h5-11H,12-13H2,1-4H3,(H2,20,21,22). The van der Waals surface area contributed by atoms with Crippen LogP contribution < -0.4 is 10.6 Å². The summed E-state index contributed by atoms with van der Waals surface area (Å²) in [5.74, 6) is 0.699. The van der Waals surface area contributed by atoms with E-state index in [1.165, 1.54) is 17.4 Å². The summed E-state index contributed by atoms with van der Waals surface area (Å²) in [4.78, 5) is 4.59. The van der Waals surface area contributed by atoms with Gasteiger partial charge >= 0.3 is 0 Å². The third-order valence-corrected chi connectivity index (χ3v) is 5.16. The van der Waals surface area contributed by atoms with Crippen molar-refractivity contribution in [3.05, 3.63) is 64.7 Å². The highest BCUT2D eigenvalue weighted by Crippen LogP contribution is 2.16. The maximum atomic E-state index is 11.7. The molecule has 0 atom stereocenters. The van der Waals surface area contributed by atoms with Gasteiger partial charge in [0.25, 0.3) is 0 Å². The van der Waals surface area contributed by atoms with E-state index < -0.39 is 9.84 Å². The number of benzene rings is 2. The molecule has 0 spiro atoms. The summed E-state index contributed by atoms with van der Waals surface area (Å²) >= 11 is 0. The number of aryl methyl sites for hydroxylation is 2. The Hall–Kier alpha value is -2.34. The molecule has 2 aromatic rings. The van der Waals surface area contributed by atoms with E-state index in [9.17, 15) is 8.42 Å². The molecule has 5 nitrogen and oxygen atoms in total. The molecular formula is C19H25N3O2S. The quantitative estimate of drug-likeness (QED) is 0.636. The Morgan fingerprint density at radius 3 is 2.04 bits per heavy atom. The molecule has 2 rings (SSSR count). The lowest BCUT2D eigenvalue weighted by molar-refractivity contribution is 0.601. The molecule has 6 heteroatoms. The van der Waals surface area contributed by atoms with Crippen LogP contribution in [0.1, 0.15) is 22.3 Å². The average molecular weight is 359 g/mol. The fourth-order valence-corrected chi connectivity index (χ4v) is 3.49. The highest BCUT2D eigenvalue weighted by atomic mass is 32.2. The molecular weight excluding hydrogens is 334 g/mol. The Morgan fingerprint density at radius 2 is 1.52 bits per heavy atom. The van der Waals surface area contributed by atoms with Crippen molar-refractivity contribution in [1.29, 1.82) is 0 Å². The Balaban J connectivity index is 1.94. The molecule has 0 saturated heterocycles. The van der Waals surface area contributed by atoms with E-state index in [0.29, 0.717) is 23.9 Å². The highest BCUT2D eigenvalue weighted by molar-refractivity contribution is 7.90. The van der Waals surface area contributed by atoms with Crippen LogP contribution in [0.25, 0.3) is 0 Å². The molecule has 0 aliphatic heterocycles. The molecule has 0 bridgehead atoms. The summed E-state index contributed by atoms with van der Waals surface area (Å²) in [5.41, 5.74) is 4.17. The molecule has 2 aromatic carbocycles. The van der Waals surface area contributed by atoms with Gasteiger partial charge < -0.3 is 10.6 Å². The minimum absolute atomic E-state index is 0.373. The van der Waals surface area contributed by atoms with Gasteiger partial charge in [-0.3, -0.25) is 4.99 Å². The lowest BCUT2D eigenvalue weighted by Gasteiger charge is -2.13. The number of hydrogen-bond acceptors (Lipinski definition) is 3. The molecule has 0 saturated carbocycles. The zero-order chi connectivity index (χ0) is 18.4. The molecule has 134 valence electrons. The topological polar surface area (TPSA) is 70.6 Å². The van der Waals surface area contributed by atoms with Crippen molar-refractivity contribution in [3.8, 4) is 0 Å². The van der Waals surface area contributed by atoms with Gasteiger partial charge in [-0.05, 0) is 36.6 Å². The van der Waals surface area contributed by atoms with E-state index in [1.807, 2.05) is 19.1 Å². The molecule has 25 heavy (non-hydrogen) atoms. The first-order valence-electron chi connectivity index (χ1n) is 8.09. The number of aliphatic imine (C=N–C) groups is 1. The number of nitrogens with zero attached hydrogens (tertiary/aromatic N) is 1. The predicted octanol–water partition coefficient (Wildman–Crippen LogP) is 2.57. The summed E-state index contributed by atoms with van der Waals surface area (Å²) in [5, 5.41) is 6.51. The molecule has 0 amide bonds. The maximum absolute atomic E-state index is 11.7. The van der Waals surface area contributed by atoms with E-state index in [4.69, 9.17) is 0 Å². The van der Waals surface area contributed by atoms with E-state index in [-0.39, 0.29) is 0 Å². The molecule has 0 unspecified atom stereocenters. The number of nitrogens with one attached hydrogen (secondary N) is 2. The van der Waals surface area contributed by atoms with Crippen molar-refractivity contribution in [3.63, 3.8) is 0 Å². The zero-order valence-electron chi connectivity index (χ0n) is 15.1. The van der Waals surface area contributed by atoms with Gasteiger partial charge in [0.15, 0.2) is 15.8 Å². The minimum Gasteiger partial charge on any atom is -0.352 e. The first-order valence-corrected chi connectivity index (χ1v) is 9.98. The van der Waals surface area contributed by atoms with Crippen LogP contribution in [0.3, 0.4) is 0 Å². The average Bonchev–Trinajstić information content (AvgIpc) is 2.55. The van der Waals surface area contributed by atoms with Gasteiger partial charge in [0.1, 0.15) is 0 Å². The van der Waals surface area contributed by atoms with Crippen LogP contribution in [0.5, 0.6) is 0 Å². The Bertz CT molecular complexity index is 857. The van der Waals surface area contributed by atoms with Crippen molar-refractivity contribution in [2.75, 3.05) is 13.3 Å². The number of rotatable bonds is 5. The third kappa shape index (κ3) is 5.60. The molecule has 0 aliphatic rings. The third-order valence-electron chi connectivity index (χ3n) is 3.90. The summed E-state index contributed by atoms with van der Waals surface area (Å²) in [6.45, 7) is 5.13. The number of hydrogen-bond donors (Lipinski definition) is 2. The molecule has 0 aliphatic carbocycles. The minimum atomic E-state index is -3.19. The molecule has 2 N–H and O–H groups in total. The molecule has 0 fully saturated rings. The van der Waals surface area contributed by atoms with Crippen LogP contribution in [0.2, 0.25) is 0 Å². The van der Waals surface area contributed by atoms with Crippen molar-refractivity contribution in [1.82, 2.24) is 10.6 Å². The van der Waals surface area contributed by atoms with Crippen LogP contribution >= 0.6 is 0 Å². The van der Waals surface area contributed by atoms with Crippen molar-refractivity contribution in [2.45, 2.75) is 31.8 Å². The Kier molecular flexibility index (Phi) is 6.20. The smallest absolute Gasteiger partial charge is 0.191 e. The first kappa shape index (κ1) is 19.0. The summed E-state index contributed by atoms with van der Waals surface area (Å²) in [6, 6.07) is 13.7. The van der Waals surface area contributed by atoms with Crippen LogP contribution in [0.15, 0.2) is 52.4 Å². The van der Waals surface area contributed by atoms with Crippen LogP contribution in [-0.4, -0.2) is 27.7 Å². The maximum Gasteiger partial charge on any atom is 0.191 e. The summed E-state index contributed by atoms with van der Waals surface area (Å²) in [7, 11) is -1.46. The van der Waals surface area contributed by atoms with Gasteiger partial charge in [0, 0.05) is 26.4 Å². The second-order valence-electron chi connectivity index (χ2n) is 6.14. The van der Waals surface area contributed by atoms with Gasteiger partial charge in [-0.1, -0.05) is 42.0 Å². The van der Waals surface area contributed by atoms with Crippen molar-refractivity contribution < 1.29 is 8.42 Å². The molecule has 0 heterocycles. The second kappa shape index (κ2) is 8.16. The molecule has 0 radical (unpaired) electrons. The van der Waals surface area contributed by atoms with Crippen LogP contribution in [-0.2, 0) is 22.9 Å². The Morgan fingerprint density at radius 1 is 0.960 bits per heavy atom. The molecule has 0 aromatic heterocycles. The van der Waals surface area contributed by atoms with E-state index in [1.54, 1.807) is 13.1 Å². The number of guanidine groups is 1. The van der Waals surface area contributed by atoms with Gasteiger partial charge in [0.05, 0.1) is 4.90 Å². The van der Waals surface area contributed by atoms with Gasteiger partial charge in [-0.15, -0.1) is 0 Å². The largest absolute Gasteiger partial charge is 0.352 e. The summed E-state index contributed by atoms with van der Waals surface area (Å²) < 4.78 is 23.3. The van der Waals surface area contributed by atoms with Crippen molar-refractivity contribution >= 4 is 15.8 Å². The highest BCUT2D eigenvalue weighted by Gasteiger charge is 2.10. The predicted molar refractivity (Wildman–Crippen MR) is 103 cm³/mol. The summed E-state index contributed by atoms with van der Waals surface area (Å²) in [6.07, 6.45) is 1.23. The van der Waals surface area contributed by atoms with E-state index >= 15 is 0 Å². The van der Waals surface area contributed by atoms with Crippen LogP contribution in [0.4, 0.5) is 0 Å². The zero-order valence-corrected chi connectivity index (χ0v) is 15.9. The van der Waals surface area contributed by atoms with Crippen molar-refractivity contribution in [2.24, 2.45) is 4.99 Å². The fraction of sp³-hybridized carbons (Fsp3) is 0.316. The number of sulfone groups is 1. The first-order chi connectivity index (χ1) is 11.8. The van der Waals surface area contributed by atoms with Crippen LogP contribution in [0, 0.1) is 13.8 Å². The normalized spacial score (nSPS) is 12.1. The SMILES string of the molecule is CN=C(NCc1ccc(C)cc1)NCc1ccc(S(C)(=O)=O)c(C)c1. The van der Waals surface area contributed by atoms with Gasteiger partial charge in [-0.2, -0.15) is 0 Å². The van der Waals surface area contributed by atoms with E-state index in [2.05, 4.69) is 46.8 Å². The van der Waals surface area contributed by atoms with Gasteiger partial charge in [-0.25, -0.2) is 8.42 Å². The van der Waals surface area contributed by atoms with Gasteiger partial charge in [0.2, 0.25) is 0 Å². The Labute approximate surface area is 150 Å². The fourth-order valence-electron chi connectivity index (χ4n) is 2.54.